The number of nitrogens with zero attached hydrogens (tertiary/aromatic N) is 3. The third kappa shape index (κ3) is 5.00. The summed E-state index contributed by atoms with van der Waals surface area (Å²) in [6.45, 7) is 5.43. The summed E-state index contributed by atoms with van der Waals surface area (Å²) in [5.41, 5.74) is 13.5. The summed E-state index contributed by atoms with van der Waals surface area (Å²) in [4.78, 5) is 26.1. The van der Waals surface area contributed by atoms with E-state index in [1.54, 1.807) is 16.5 Å². The Morgan fingerprint density at radius 3 is 2.39 bits per heavy atom. The molecular weight excluding hydrogens is 394 g/mol. The quantitative estimate of drug-likeness (QED) is 0.717. The fourth-order valence-corrected chi connectivity index (χ4v) is 3.97. The first kappa shape index (κ1) is 22.2. The van der Waals surface area contributed by atoms with E-state index < -0.39 is 5.91 Å². The van der Waals surface area contributed by atoms with Gasteiger partial charge in [0.05, 0.1) is 12.6 Å². The number of primary amides is 1. The van der Waals surface area contributed by atoms with Gasteiger partial charge in [0, 0.05) is 18.7 Å². The Morgan fingerprint density at radius 1 is 1.19 bits per heavy atom. The predicted molar refractivity (Wildman–Crippen MR) is 119 cm³/mol. The summed E-state index contributed by atoms with van der Waals surface area (Å²) >= 11 is 0. The molecule has 2 aromatic rings. The first-order chi connectivity index (χ1) is 15.0. The molecule has 0 spiro atoms. The van der Waals surface area contributed by atoms with Crippen LogP contribution in [0.25, 0.3) is 11.3 Å². The van der Waals surface area contributed by atoms with E-state index in [0.717, 1.165) is 37.0 Å². The molecule has 0 atom stereocenters. The van der Waals surface area contributed by atoms with Crippen molar-refractivity contribution in [3.05, 3.63) is 29.8 Å². The van der Waals surface area contributed by atoms with E-state index in [-0.39, 0.29) is 23.3 Å². The van der Waals surface area contributed by atoms with Crippen LogP contribution in [0.5, 0.6) is 5.75 Å². The number of hydrogen-bond acceptors (Lipinski definition) is 5. The van der Waals surface area contributed by atoms with Crippen molar-refractivity contribution >= 4 is 17.6 Å². The number of nitrogens with two attached hydrogens (primary N) is 2. The number of benzene rings is 1. The van der Waals surface area contributed by atoms with Gasteiger partial charge in [-0.15, -0.1) is 0 Å². The number of hydrogen-bond donors (Lipinski definition) is 2. The van der Waals surface area contributed by atoms with Crippen molar-refractivity contribution in [2.24, 2.45) is 5.73 Å². The highest BCUT2D eigenvalue weighted by Gasteiger charge is 2.26. The van der Waals surface area contributed by atoms with Gasteiger partial charge in [-0.25, -0.2) is 4.68 Å². The molecule has 1 aromatic carbocycles. The Bertz CT molecular complexity index is 991. The van der Waals surface area contributed by atoms with Crippen LogP contribution in [0.4, 0.5) is 5.82 Å². The fraction of sp³-hybridized carbons (Fsp3) is 0.435. The van der Waals surface area contributed by atoms with Crippen molar-refractivity contribution in [1.29, 1.82) is 0 Å². The third-order valence-corrected chi connectivity index (χ3v) is 5.43. The molecule has 2 amide bonds. The maximum Gasteiger partial charge on any atom is 0.298 e. The number of rotatable bonds is 5. The number of likely N-dealkylation sites (tertiary alicyclic amines) is 1. The smallest absolute Gasteiger partial charge is 0.298 e. The van der Waals surface area contributed by atoms with Crippen molar-refractivity contribution in [1.82, 2.24) is 14.7 Å². The van der Waals surface area contributed by atoms with Gasteiger partial charge >= 0.3 is 0 Å². The summed E-state index contributed by atoms with van der Waals surface area (Å²) in [5.74, 6) is 5.56. The van der Waals surface area contributed by atoms with Crippen LogP contribution in [0.1, 0.15) is 55.9 Å². The number of amides is 2. The van der Waals surface area contributed by atoms with Crippen molar-refractivity contribution in [3.8, 4) is 28.8 Å². The molecule has 2 heterocycles. The molecule has 8 heteroatoms. The lowest BCUT2D eigenvalue weighted by Crippen LogP contribution is -2.34. The minimum atomic E-state index is -0.603. The van der Waals surface area contributed by atoms with Crippen LogP contribution in [-0.2, 0) is 4.79 Å². The normalized spacial score (nSPS) is 14.8. The summed E-state index contributed by atoms with van der Waals surface area (Å²) < 4.78 is 7.22. The van der Waals surface area contributed by atoms with Gasteiger partial charge in [0.15, 0.2) is 0 Å². The van der Waals surface area contributed by atoms with Gasteiger partial charge in [-0.2, -0.15) is 5.10 Å². The SMILES string of the molecule is CC#CC(=O)N1CCCC(n2nc(-c3ccc(OCC)cc3)c(C(N)=O)c2N)CCC1. The van der Waals surface area contributed by atoms with E-state index in [9.17, 15) is 9.59 Å². The minimum absolute atomic E-state index is 0.0315. The number of aromatic nitrogens is 2. The molecule has 31 heavy (non-hydrogen) atoms. The molecule has 1 aliphatic rings. The molecule has 0 saturated carbocycles. The Morgan fingerprint density at radius 2 is 1.84 bits per heavy atom. The van der Waals surface area contributed by atoms with Gasteiger partial charge in [0.1, 0.15) is 22.8 Å². The Kier molecular flexibility index (Phi) is 7.19. The molecule has 1 aromatic heterocycles. The van der Waals surface area contributed by atoms with Crippen molar-refractivity contribution < 1.29 is 14.3 Å². The molecular formula is C23H29N5O3. The van der Waals surface area contributed by atoms with Crippen molar-refractivity contribution in [2.45, 2.75) is 45.6 Å². The van der Waals surface area contributed by atoms with E-state index in [1.807, 2.05) is 31.2 Å². The maximum atomic E-state index is 12.2. The highest BCUT2D eigenvalue weighted by atomic mass is 16.5. The lowest BCUT2D eigenvalue weighted by atomic mass is 10.0. The van der Waals surface area contributed by atoms with Gasteiger partial charge in [-0.1, -0.05) is 5.92 Å². The van der Waals surface area contributed by atoms with E-state index in [1.165, 1.54) is 0 Å². The molecule has 164 valence electrons. The molecule has 1 fully saturated rings. The van der Waals surface area contributed by atoms with Gasteiger partial charge < -0.3 is 21.1 Å². The summed E-state index contributed by atoms with van der Waals surface area (Å²) in [5, 5.41) is 4.70. The van der Waals surface area contributed by atoms with Crippen LogP contribution in [0.3, 0.4) is 0 Å². The second-order valence-electron chi connectivity index (χ2n) is 7.48. The molecule has 0 bridgehead atoms. The van der Waals surface area contributed by atoms with E-state index in [0.29, 0.717) is 25.4 Å². The molecule has 3 rings (SSSR count). The molecule has 0 unspecified atom stereocenters. The van der Waals surface area contributed by atoms with Crippen LogP contribution >= 0.6 is 0 Å². The Hall–Kier alpha value is -3.47. The van der Waals surface area contributed by atoms with E-state index >= 15 is 0 Å². The maximum absolute atomic E-state index is 12.2. The van der Waals surface area contributed by atoms with E-state index in [2.05, 4.69) is 11.8 Å². The third-order valence-electron chi connectivity index (χ3n) is 5.43. The average Bonchev–Trinajstić information content (AvgIpc) is 3.06. The zero-order valence-electron chi connectivity index (χ0n) is 18.1. The monoisotopic (exact) mass is 423 g/mol. The first-order valence-corrected chi connectivity index (χ1v) is 10.6. The summed E-state index contributed by atoms with van der Waals surface area (Å²) in [6, 6.07) is 7.39. The number of carbonyl (C=O) groups is 2. The van der Waals surface area contributed by atoms with Gasteiger partial charge in [0.2, 0.25) is 0 Å². The average molecular weight is 424 g/mol. The molecule has 8 nitrogen and oxygen atoms in total. The van der Waals surface area contributed by atoms with Gasteiger partial charge in [0.25, 0.3) is 11.8 Å². The van der Waals surface area contributed by atoms with Crippen LogP contribution in [0.2, 0.25) is 0 Å². The van der Waals surface area contributed by atoms with Crippen molar-refractivity contribution in [2.75, 3.05) is 25.4 Å². The highest BCUT2D eigenvalue weighted by molar-refractivity contribution is 6.03. The largest absolute Gasteiger partial charge is 0.494 e. The predicted octanol–water partition coefficient (Wildman–Crippen LogP) is 2.60. The number of nitrogen functional groups attached to an aromatic ring is 1. The van der Waals surface area contributed by atoms with Gasteiger partial charge in [-0.3, -0.25) is 9.59 Å². The second-order valence-corrected chi connectivity index (χ2v) is 7.48. The van der Waals surface area contributed by atoms with Gasteiger partial charge in [-0.05, 0) is 69.7 Å². The van der Waals surface area contributed by atoms with E-state index in [4.69, 9.17) is 21.3 Å². The topological polar surface area (TPSA) is 116 Å². The number of carbonyl (C=O) groups excluding carboxylic acids is 2. The highest BCUT2D eigenvalue weighted by Crippen LogP contribution is 2.33. The van der Waals surface area contributed by atoms with Crippen LogP contribution < -0.4 is 16.2 Å². The lowest BCUT2D eigenvalue weighted by molar-refractivity contribution is -0.125. The minimum Gasteiger partial charge on any atom is -0.494 e. The molecule has 4 N–H and O–H groups in total. The van der Waals surface area contributed by atoms with Crippen LogP contribution in [-0.4, -0.2) is 46.2 Å². The second kappa shape index (κ2) is 10.0. The molecule has 0 radical (unpaired) electrons. The first-order valence-electron chi connectivity index (χ1n) is 10.6. The number of ether oxygens (including phenoxy) is 1. The Labute approximate surface area is 182 Å². The lowest BCUT2D eigenvalue weighted by Gasteiger charge is -2.27. The zero-order chi connectivity index (χ0) is 22.4. The van der Waals surface area contributed by atoms with Crippen molar-refractivity contribution in [3.63, 3.8) is 0 Å². The van der Waals surface area contributed by atoms with Crippen LogP contribution in [0.15, 0.2) is 24.3 Å². The molecule has 1 aliphatic heterocycles. The number of anilines is 1. The molecule has 0 aliphatic carbocycles. The molecule has 1 saturated heterocycles. The standard InChI is InChI=1S/C23H29N5O3/c1-3-7-19(29)27-14-5-8-17(9-6-15-27)28-22(24)20(23(25)30)21(26-28)16-10-12-18(13-11-16)31-4-2/h10-13,17H,4-6,8-9,14-15,24H2,1-2H3,(H2,25,30). The van der Waals surface area contributed by atoms with Crippen LogP contribution in [0, 0.1) is 11.8 Å². The Balaban J connectivity index is 1.85. The zero-order valence-corrected chi connectivity index (χ0v) is 18.1. The fourth-order valence-electron chi connectivity index (χ4n) is 3.97. The summed E-state index contributed by atoms with van der Waals surface area (Å²) in [7, 11) is 0. The summed E-state index contributed by atoms with van der Waals surface area (Å²) in [6.07, 6.45) is 3.17.